The average Bonchev–Trinajstić information content (AvgIpc) is 3.03. The summed E-state index contributed by atoms with van der Waals surface area (Å²) in [7, 11) is 0. The van der Waals surface area contributed by atoms with Crippen LogP contribution in [0.4, 0.5) is 5.82 Å². The maximum atomic E-state index is 12.9. The minimum Gasteiger partial charge on any atom is -0.356 e. The topological polar surface area (TPSA) is 79.2 Å². The van der Waals surface area contributed by atoms with Crippen molar-refractivity contribution in [2.45, 2.75) is 83.7 Å². The number of aromatic nitrogens is 4. The van der Waals surface area contributed by atoms with Gasteiger partial charge in [0.25, 0.3) is 0 Å². The van der Waals surface area contributed by atoms with E-state index >= 15 is 0 Å². The first-order valence-corrected chi connectivity index (χ1v) is 13.2. The van der Waals surface area contributed by atoms with Crippen LogP contribution in [0.5, 0.6) is 0 Å². The zero-order valence-electron chi connectivity index (χ0n) is 20.1. The summed E-state index contributed by atoms with van der Waals surface area (Å²) in [6.45, 7) is 8.01. The molecule has 2 aromatic heterocycles. The summed E-state index contributed by atoms with van der Waals surface area (Å²) < 4.78 is 2.28. The number of anilines is 1. The summed E-state index contributed by atoms with van der Waals surface area (Å²) in [4.78, 5) is 32.0. The molecule has 2 atom stereocenters. The number of aryl methyl sites for hydroxylation is 2. The lowest BCUT2D eigenvalue weighted by molar-refractivity contribution is -0.125. The van der Waals surface area contributed by atoms with E-state index in [0.717, 1.165) is 74.7 Å². The van der Waals surface area contributed by atoms with Gasteiger partial charge in [-0.3, -0.25) is 4.79 Å². The lowest BCUT2D eigenvalue weighted by Crippen LogP contribution is -2.44. The smallest absolute Gasteiger partial charge is 0.224 e. The average molecular weight is 454 g/mol. The number of rotatable bonds is 6. The zero-order chi connectivity index (χ0) is 22.6. The van der Waals surface area contributed by atoms with Crippen molar-refractivity contribution >= 4 is 22.9 Å². The first-order chi connectivity index (χ1) is 16.2. The van der Waals surface area contributed by atoms with Gasteiger partial charge in [0.1, 0.15) is 12.2 Å². The Hall–Kier alpha value is -2.22. The van der Waals surface area contributed by atoms with E-state index in [4.69, 9.17) is 4.98 Å². The molecule has 0 unspecified atom stereocenters. The van der Waals surface area contributed by atoms with E-state index in [0.29, 0.717) is 12.6 Å². The molecular formula is C25H39N7O. The van der Waals surface area contributed by atoms with Crippen molar-refractivity contribution in [3.05, 3.63) is 12.2 Å². The molecule has 8 nitrogen and oxygen atoms in total. The molecule has 1 amide bonds. The lowest BCUT2D eigenvalue weighted by Gasteiger charge is -2.34. The molecule has 5 heterocycles. The van der Waals surface area contributed by atoms with Crippen molar-refractivity contribution in [2.75, 3.05) is 37.6 Å². The number of imidazole rings is 1. The fourth-order valence-corrected chi connectivity index (χ4v) is 5.87. The monoisotopic (exact) mass is 453 g/mol. The number of amides is 1. The van der Waals surface area contributed by atoms with Crippen LogP contribution in [0, 0.1) is 5.92 Å². The second kappa shape index (κ2) is 10.4. The van der Waals surface area contributed by atoms with Crippen LogP contribution in [0.3, 0.4) is 0 Å². The number of piperidine rings is 2. The fraction of sp³-hybridized carbons (Fsp3) is 0.760. The standard InChI is InChI=1S/C25H39N7O/c1-19-9-4-6-13-30(19)15-8-12-26-25(33)20-10-7-14-31(17-20)23-22-24(28-18-27-23)32-16-5-2-3-11-21(32)29-22/h18-20H,2-17H2,1H3,(H,26,33)/t19-,20+/m1/s1. The first kappa shape index (κ1) is 22.6. The van der Waals surface area contributed by atoms with Crippen LogP contribution in [-0.4, -0.2) is 69.1 Å². The van der Waals surface area contributed by atoms with Gasteiger partial charge in [-0.2, -0.15) is 0 Å². The number of fused-ring (bicyclic) bond motifs is 3. The zero-order valence-corrected chi connectivity index (χ0v) is 20.1. The molecular weight excluding hydrogens is 414 g/mol. The van der Waals surface area contributed by atoms with Gasteiger partial charge in [0, 0.05) is 45.2 Å². The lowest BCUT2D eigenvalue weighted by atomic mass is 9.97. The normalized spacial score (nSPS) is 24.5. The van der Waals surface area contributed by atoms with Gasteiger partial charge in [0.05, 0.1) is 5.92 Å². The SMILES string of the molecule is C[C@@H]1CCCCN1CCCNC(=O)[C@H]1CCCN(c2ncnc3c2nc2n3CCCCC2)C1. The van der Waals surface area contributed by atoms with Gasteiger partial charge in [-0.1, -0.05) is 12.8 Å². The summed E-state index contributed by atoms with van der Waals surface area (Å²) in [5, 5.41) is 3.22. The van der Waals surface area contributed by atoms with Crippen molar-refractivity contribution in [3.8, 4) is 0 Å². The van der Waals surface area contributed by atoms with E-state index < -0.39 is 0 Å². The van der Waals surface area contributed by atoms with E-state index in [9.17, 15) is 4.79 Å². The van der Waals surface area contributed by atoms with E-state index in [1.807, 2.05) is 0 Å². The number of nitrogens with zero attached hydrogens (tertiary/aromatic N) is 6. The van der Waals surface area contributed by atoms with Crippen LogP contribution in [0.2, 0.25) is 0 Å². The minimum absolute atomic E-state index is 0.0121. The predicted octanol–water partition coefficient (Wildman–Crippen LogP) is 3.15. The van der Waals surface area contributed by atoms with Gasteiger partial charge >= 0.3 is 0 Å². The first-order valence-electron chi connectivity index (χ1n) is 13.2. The van der Waals surface area contributed by atoms with E-state index in [-0.39, 0.29) is 11.8 Å². The largest absolute Gasteiger partial charge is 0.356 e. The summed E-state index contributed by atoms with van der Waals surface area (Å²) in [6.07, 6.45) is 13.2. The molecule has 3 aliphatic heterocycles. The number of hydrogen-bond donors (Lipinski definition) is 1. The van der Waals surface area contributed by atoms with Gasteiger partial charge in [-0.05, 0) is 58.4 Å². The highest BCUT2D eigenvalue weighted by molar-refractivity contribution is 5.85. The number of carbonyl (C=O) groups is 1. The molecule has 0 aromatic carbocycles. The van der Waals surface area contributed by atoms with Gasteiger partial charge in [0.2, 0.25) is 5.91 Å². The molecule has 2 aromatic rings. The van der Waals surface area contributed by atoms with Crippen LogP contribution >= 0.6 is 0 Å². The molecule has 0 spiro atoms. The van der Waals surface area contributed by atoms with Crippen LogP contribution < -0.4 is 10.2 Å². The highest BCUT2D eigenvalue weighted by atomic mass is 16.1. The summed E-state index contributed by atoms with van der Waals surface area (Å²) in [5.41, 5.74) is 1.86. The molecule has 3 aliphatic rings. The van der Waals surface area contributed by atoms with Crippen molar-refractivity contribution in [2.24, 2.45) is 5.92 Å². The Morgan fingerprint density at radius 1 is 1.06 bits per heavy atom. The fourth-order valence-electron chi connectivity index (χ4n) is 5.87. The third-order valence-corrected chi connectivity index (χ3v) is 7.83. The molecule has 0 bridgehead atoms. The molecule has 1 N–H and O–H groups in total. The van der Waals surface area contributed by atoms with Crippen LogP contribution in [-0.2, 0) is 17.8 Å². The number of nitrogens with one attached hydrogen (secondary N) is 1. The van der Waals surface area contributed by atoms with E-state index in [1.54, 1.807) is 6.33 Å². The molecule has 8 heteroatoms. The van der Waals surface area contributed by atoms with Gasteiger partial charge < -0.3 is 19.7 Å². The maximum absolute atomic E-state index is 12.9. The molecule has 0 radical (unpaired) electrons. The molecule has 180 valence electrons. The third kappa shape index (κ3) is 5.00. The van der Waals surface area contributed by atoms with Crippen molar-refractivity contribution in [1.82, 2.24) is 29.7 Å². The van der Waals surface area contributed by atoms with E-state index in [2.05, 4.69) is 36.6 Å². The predicted molar refractivity (Wildman–Crippen MR) is 130 cm³/mol. The summed E-state index contributed by atoms with van der Waals surface area (Å²) >= 11 is 0. The highest BCUT2D eigenvalue weighted by Crippen LogP contribution is 2.29. The quantitative estimate of drug-likeness (QED) is 0.677. The van der Waals surface area contributed by atoms with Crippen molar-refractivity contribution < 1.29 is 4.79 Å². The Kier molecular flexibility index (Phi) is 7.09. The number of likely N-dealkylation sites (tertiary alicyclic amines) is 1. The molecule has 2 saturated heterocycles. The summed E-state index contributed by atoms with van der Waals surface area (Å²) in [6, 6.07) is 0.684. The molecule has 0 aliphatic carbocycles. The molecule has 0 saturated carbocycles. The molecule has 2 fully saturated rings. The summed E-state index contributed by atoms with van der Waals surface area (Å²) in [5.74, 6) is 2.24. The van der Waals surface area contributed by atoms with Gasteiger partial charge in [-0.15, -0.1) is 0 Å². The van der Waals surface area contributed by atoms with Crippen molar-refractivity contribution in [3.63, 3.8) is 0 Å². The van der Waals surface area contributed by atoms with Crippen LogP contribution in [0.15, 0.2) is 6.33 Å². The van der Waals surface area contributed by atoms with Crippen LogP contribution in [0.25, 0.3) is 11.2 Å². The Morgan fingerprint density at radius 2 is 1.97 bits per heavy atom. The highest BCUT2D eigenvalue weighted by Gasteiger charge is 2.29. The number of hydrogen-bond acceptors (Lipinski definition) is 6. The Labute approximate surface area is 197 Å². The Morgan fingerprint density at radius 3 is 2.88 bits per heavy atom. The van der Waals surface area contributed by atoms with Crippen molar-refractivity contribution in [1.29, 1.82) is 0 Å². The Bertz CT molecular complexity index is 958. The van der Waals surface area contributed by atoms with Crippen LogP contribution in [0.1, 0.15) is 70.5 Å². The number of carbonyl (C=O) groups excluding carboxylic acids is 1. The van der Waals surface area contributed by atoms with Gasteiger partial charge in [0.15, 0.2) is 17.0 Å². The second-order valence-electron chi connectivity index (χ2n) is 10.2. The minimum atomic E-state index is 0.0121. The van der Waals surface area contributed by atoms with E-state index in [1.165, 1.54) is 45.1 Å². The maximum Gasteiger partial charge on any atom is 0.224 e. The Balaban J connectivity index is 1.19. The molecule has 33 heavy (non-hydrogen) atoms. The van der Waals surface area contributed by atoms with Gasteiger partial charge in [-0.25, -0.2) is 15.0 Å². The molecule has 5 rings (SSSR count). The second-order valence-corrected chi connectivity index (χ2v) is 10.2. The third-order valence-electron chi connectivity index (χ3n) is 7.83.